The van der Waals surface area contributed by atoms with E-state index in [2.05, 4.69) is 14.9 Å². The molecule has 0 aliphatic heterocycles. The normalized spacial score (nSPS) is 14.6. The topological polar surface area (TPSA) is 50.1 Å². The number of hydrogen-bond donors (Lipinski definition) is 2. The summed E-state index contributed by atoms with van der Waals surface area (Å²) in [5, 5.41) is 15.4. The molecular weight excluding hydrogens is 246 g/mol. The van der Waals surface area contributed by atoms with Crippen LogP contribution in [0.3, 0.4) is 0 Å². The van der Waals surface area contributed by atoms with Crippen molar-refractivity contribution in [2.45, 2.75) is 32.0 Å². The van der Waals surface area contributed by atoms with Crippen LogP contribution in [0.25, 0.3) is 0 Å². The van der Waals surface area contributed by atoms with Gasteiger partial charge in [-0.05, 0) is 31.3 Å². The fraction of sp³-hybridized carbons (Fsp3) is 0.462. The van der Waals surface area contributed by atoms with E-state index >= 15 is 0 Å². The molecule has 0 saturated heterocycles. The molecule has 0 aliphatic rings. The van der Waals surface area contributed by atoms with Gasteiger partial charge in [0.05, 0.1) is 6.33 Å². The standard InChI is InChI=1S/C13H19N3OS/c1-11(13(17)12-4-2-9-18-12)15-5-3-7-16-8-6-14-10-16/h2,4,6,8-11,13,15,17H,3,5,7H2,1H3. The first kappa shape index (κ1) is 13.3. The van der Waals surface area contributed by atoms with Crippen molar-refractivity contribution in [3.8, 4) is 0 Å². The molecule has 2 aromatic heterocycles. The van der Waals surface area contributed by atoms with Gasteiger partial charge < -0.3 is 15.0 Å². The fourth-order valence-electron chi connectivity index (χ4n) is 1.83. The lowest BCUT2D eigenvalue weighted by Crippen LogP contribution is -2.32. The van der Waals surface area contributed by atoms with Crippen LogP contribution in [0.2, 0.25) is 0 Å². The summed E-state index contributed by atoms with van der Waals surface area (Å²) in [7, 11) is 0. The lowest BCUT2D eigenvalue weighted by atomic mass is 10.1. The smallest absolute Gasteiger partial charge is 0.103 e. The molecular formula is C13H19N3OS. The quantitative estimate of drug-likeness (QED) is 0.753. The molecule has 4 nitrogen and oxygen atoms in total. The van der Waals surface area contributed by atoms with Crippen LogP contribution in [-0.4, -0.2) is 27.2 Å². The third-order valence-corrected chi connectivity index (χ3v) is 3.87. The number of hydrogen-bond acceptors (Lipinski definition) is 4. The monoisotopic (exact) mass is 265 g/mol. The van der Waals surface area contributed by atoms with Crippen molar-refractivity contribution in [1.82, 2.24) is 14.9 Å². The van der Waals surface area contributed by atoms with Crippen LogP contribution in [0.15, 0.2) is 36.2 Å². The Bertz CT molecular complexity index is 427. The first-order chi connectivity index (χ1) is 8.77. The summed E-state index contributed by atoms with van der Waals surface area (Å²) in [6.45, 7) is 3.86. The number of nitrogens with one attached hydrogen (secondary N) is 1. The Balaban J connectivity index is 1.67. The van der Waals surface area contributed by atoms with Crippen molar-refractivity contribution < 1.29 is 5.11 Å². The van der Waals surface area contributed by atoms with E-state index in [4.69, 9.17) is 0 Å². The first-order valence-corrected chi connectivity index (χ1v) is 7.06. The summed E-state index contributed by atoms with van der Waals surface area (Å²) in [4.78, 5) is 5.02. The molecule has 5 heteroatoms. The van der Waals surface area contributed by atoms with Gasteiger partial charge in [0, 0.05) is 29.9 Å². The lowest BCUT2D eigenvalue weighted by molar-refractivity contribution is 0.139. The minimum absolute atomic E-state index is 0.0754. The maximum atomic E-state index is 10.1. The summed E-state index contributed by atoms with van der Waals surface area (Å²) < 4.78 is 2.06. The van der Waals surface area contributed by atoms with Gasteiger partial charge in [0.2, 0.25) is 0 Å². The van der Waals surface area contributed by atoms with Gasteiger partial charge in [0.15, 0.2) is 0 Å². The second-order valence-electron chi connectivity index (χ2n) is 4.36. The van der Waals surface area contributed by atoms with E-state index in [-0.39, 0.29) is 6.04 Å². The van der Waals surface area contributed by atoms with Crippen molar-refractivity contribution in [1.29, 1.82) is 0 Å². The van der Waals surface area contributed by atoms with Crippen LogP contribution < -0.4 is 5.32 Å². The molecule has 0 fully saturated rings. The number of rotatable bonds is 7. The highest BCUT2D eigenvalue weighted by Crippen LogP contribution is 2.21. The molecule has 2 N–H and O–H groups in total. The zero-order valence-corrected chi connectivity index (χ0v) is 11.3. The second-order valence-corrected chi connectivity index (χ2v) is 5.34. The van der Waals surface area contributed by atoms with Crippen molar-refractivity contribution in [2.75, 3.05) is 6.54 Å². The van der Waals surface area contributed by atoms with Gasteiger partial charge in [0.25, 0.3) is 0 Å². The molecule has 0 aromatic carbocycles. The van der Waals surface area contributed by atoms with E-state index in [9.17, 15) is 5.11 Å². The second kappa shape index (κ2) is 6.68. The Hall–Kier alpha value is -1.17. The summed E-state index contributed by atoms with van der Waals surface area (Å²) >= 11 is 1.59. The number of nitrogens with zero attached hydrogens (tertiary/aromatic N) is 2. The van der Waals surface area contributed by atoms with E-state index in [1.165, 1.54) is 0 Å². The van der Waals surface area contributed by atoms with E-state index in [1.54, 1.807) is 17.5 Å². The minimum Gasteiger partial charge on any atom is -0.386 e. The number of aliphatic hydroxyl groups is 1. The first-order valence-electron chi connectivity index (χ1n) is 6.18. The molecule has 18 heavy (non-hydrogen) atoms. The molecule has 2 atom stereocenters. The molecule has 2 unspecified atom stereocenters. The summed E-state index contributed by atoms with van der Waals surface area (Å²) in [6, 6.07) is 4.01. The number of aromatic nitrogens is 2. The largest absolute Gasteiger partial charge is 0.386 e. The van der Waals surface area contributed by atoms with E-state index < -0.39 is 6.10 Å². The highest BCUT2D eigenvalue weighted by atomic mass is 32.1. The number of aryl methyl sites for hydroxylation is 1. The van der Waals surface area contributed by atoms with Crippen LogP contribution in [0.5, 0.6) is 0 Å². The zero-order chi connectivity index (χ0) is 12.8. The number of aliphatic hydroxyl groups excluding tert-OH is 1. The summed E-state index contributed by atoms with van der Waals surface area (Å²) in [6.07, 6.45) is 6.18. The molecule has 0 radical (unpaired) electrons. The molecule has 0 amide bonds. The third kappa shape index (κ3) is 3.66. The van der Waals surface area contributed by atoms with E-state index in [0.29, 0.717) is 0 Å². The Kier molecular flexibility index (Phi) is 4.92. The Morgan fingerprint density at radius 3 is 3.11 bits per heavy atom. The van der Waals surface area contributed by atoms with Gasteiger partial charge in [-0.3, -0.25) is 0 Å². The summed E-state index contributed by atoms with van der Waals surface area (Å²) in [5.41, 5.74) is 0. The maximum absolute atomic E-state index is 10.1. The molecule has 2 rings (SSSR count). The van der Waals surface area contributed by atoms with Crippen LogP contribution >= 0.6 is 11.3 Å². The van der Waals surface area contributed by atoms with Gasteiger partial charge in [-0.1, -0.05) is 6.07 Å². The fourth-order valence-corrected chi connectivity index (χ4v) is 2.64. The predicted octanol–water partition coefficient (Wildman–Crippen LogP) is 2.05. The van der Waals surface area contributed by atoms with E-state index in [1.807, 2.05) is 37.0 Å². The van der Waals surface area contributed by atoms with Crippen molar-refractivity contribution in [3.63, 3.8) is 0 Å². The molecule has 0 saturated carbocycles. The number of thiophene rings is 1. The Morgan fingerprint density at radius 2 is 2.44 bits per heavy atom. The molecule has 98 valence electrons. The molecule has 0 bridgehead atoms. The molecule has 0 spiro atoms. The molecule has 2 heterocycles. The van der Waals surface area contributed by atoms with Crippen molar-refractivity contribution in [2.24, 2.45) is 0 Å². The molecule has 2 aromatic rings. The van der Waals surface area contributed by atoms with Crippen LogP contribution in [0, 0.1) is 0 Å². The van der Waals surface area contributed by atoms with Gasteiger partial charge in [0.1, 0.15) is 6.10 Å². The van der Waals surface area contributed by atoms with Gasteiger partial charge in [-0.2, -0.15) is 0 Å². The maximum Gasteiger partial charge on any atom is 0.103 e. The van der Waals surface area contributed by atoms with Crippen LogP contribution in [0.1, 0.15) is 24.3 Å². The summed E-state index contributed by atoms with van der Waals surface area (Å²) in [5.74, 6) is 0. The van der Waals surface area contributed by atoms with Crippen LogP contribution in [0.4, 0.5) is 0 Å². The Morgan fingerprint density at radius 1 is 1.56 bits per heavy atom. The van der Waals surface area contributed by atoms with Crippen molar-refractivity contribution >= 4 is 11.3 Å². The highest BCUT2D eigenvalue weighted by molar-refractivity contribution is 7.10. The van der Waals surface area contributed by atoms with Crippen molar-refractivity contribution in [3.05, 3.63) is 41.1 Å². The van der Waals surface area contributed by atoms with Gasteiger partial charge in [-0.25, -0.2) is 4.98 Å². The van der Waals surface area contributed by atoms with E-state index in [0.717, 1.165) is 24.4 Å². The van der Waals surface area contributed by atoms with Gasteiger partial charge >= 0.3 is 0 Å². The number of imidazole rings is 1. The zero-order valence-electron chi connectivity index (χ0n) is 10.5. The molecule has 0 aliphatic carbocycles. The predicted molar refractivity (Wildman–Crippen MR) is 73.6 cm³/mol. The Labute approximate surface area is 111 Å². The highest BCUT2D eigenvalue weighted by Gasteiger charge is 2.16. The average molecular weight is 265 g/mol. The lowest BCUT2D eigenvalue weighted by Gasteiger charge is -2.19. The van der Waals surface area contributed by atoms with Crippen LogP contribution in [-0.2, 0) is 6.54 Å². The van der Waals surface area contributed by atoms with Gasteiger partial charge in [-0.15, -0.1) is 11.3 Å². The SMILES string of the molecule is CC(NCCCn1ccnc1)C(O)c1cccs1. The average Bonchev–Trinajstić information content (AvgIpc) is 3.05. The third-order valence-electron chi connectivity index (χ3n) is 2.93. The minimum atomic E-state index is -0.418.